The predicted octanol–water partition coefficient (Wildman–Crippen LogP) is 5.89. The molecule has 0 amide bonds. The SMILES string of the molecule is CC.CC.CCN(CC)Cc1ccc2[nH]c(-c3cc(N)nc4nc(C)[nH]c34)cc2c1. The number of rotatable bonds is 5. The number of nitrogens with two attached hydrogens (primary N) is 1. The fourth-order valence-corrected chi connectivity index (χ4v) is 3.47. The highest BCUT2D eigenvalue weighted by Crippen LogP contribution is 2.30. The highest BCUT2D eigenvalue weighted by molar-refractivity contribution is 5.95. The fraction of sp³-hybridized carbons (Fsp3) is 0.417. The van der Waals surface area contributed by atoms with Crippen molar-refractivity contribution in [3.8, 4) is 11.3 Å². The smallest absolute Gasteiger partial charge is 0.180 e. The third kappa shape index (κ3) is 5.00. The molecule has 0 aliphatic heterocycles. The number of aromatic amines is 2. The van der Waals surface area contributed by atoms with Crippen LogP contribution in [-0.4, -0.2) is 37.9 Å². The predicted molar refractivity (Wildman–Crippen MR) is 130 cm³/mol. The zero-order chi connectivity index (χ0) is 22.3. The lowest BCUT2D eigenvalue weighted by molar-refractivity contribution is 0.296. The Morgan fingerprint density at radius 2 is 1.63 bits per heavy atom. The Kier molecular flexibility index (Phi) is 8.42. The molecule has 0 atom stereocenters. The van der Waals surface area contributed by atoms with Gasteiger partial charge in [-0.15, -0.1) is 0 Å². The summed E-state index contributed by atoms with van der Waals surface area (Å²) in [5, 5.41) is 1.20. The Morgan fingerprint density at radius 1 is 0.933 bits per heavy atom. The van der Waals surface area contributed by atoms with Gasteiger partial charge in [-0.2, -0.15) is 0 Å². The van der Waals surface area contributed by atoms with Gasteiger partial charge >= 0.3 is 0 Å². The van der Waals surface area contributed by atoms with E-state index in [0.29, 0.717) is 11.5 Å². The number of pyridine rings is 1. The molecule has 6 heteroatoms. The van der Waals surface area contributed by atoms with E-state index < -0.39 is 0 Å². The normalized spacial score (nSPS) is 10.7. The van der Waals surface area contributed by atoms with E-state index in [0.717, 1.165) is 47.7 Å². The molecule has 3 heterocycles. The molecule has 0 aliphatic carbocycles. The topological polar surface area (TPSA) is 86.6 Å². The molecule has 4 rings (SSSR count). The van der Waals surface area contributed by atoms with Crippen molar-refractivity contribution in [1.29, 1.82) is 0 Å². The third-order valence-electron chi connectivity index (χ3n) is 4.88. The number of H-pyrrole nitrogens is 2. The van der Waals surface area contributed by atoms with Crippen LogP contribution in [0.4, 0.5) is 5.82 Å². The number of imidazole rings is 1. The molecule has 0 unspecified atom stereocenters. The molecular formula is C24H36N6. The lowest BCUT2D eigenvalue weighted by atomic mass is 10.1. The average molecular weight is 409 g/mol. The highest BCUT2D eigenvalue weighted by atomic mass is 15.1. The first kappa shape index (κ1) is 23.4. The van der Waals surface area contributed by atoms with Crippen molar-refractivity contribution in [2.24, 2.45) is 0 Å². The maximum Gasteiger partial charge on any atom is 0.180 e. The van der Waals surface area contributed by atoms with Crippen LogP contribution in [-0.2, 0) is 6.54 Å². The quantitative estimate of drug-likeness (QED) is 0.384. The Hall–Kier alpha value is -2.86. The molecule has 0 radical (unpaired) electrons. The van der Waals surface area contributed by atoms with E-state index in [2.05, 4.69) is 62.9 Å². The van der Waals surface area contributed by atoms with Crippen molar-refractivity contribution in [3.05, 3.63) is 41.7 Å². The summed E-state index contributed by atoms with van der Waals surface area (Å²) in [5.74, 6) is 1.30. The van der Waals surface area contributed by atoms with Crippen LogP contribution in [0.15, 0.2) is 30.3 Å². The Morgan fingerprint density at radius 3 is 2.30 bits per heavy atom. The molecule has 0 saturated heterocycles. The maximum absolute atomic E-state index is 5.99. The zero-order valence-corrected chi connectivity index (χ0v) is 19.4. The van der Waals surface area contributed by atoms with E-state index in [-0.39, 0.29) is 0 Å². The van der Waals surface area contributed by atoms with E-state index in [9.17, 15) is 0 Å². The monoisotopic (exact) mass is 408 g/mol. The summed E-state index contributed by atoms with van der Waals surface area (Å²) in [7, 11) is 0. The number of hydrogen-bond acceptors (Lipinski definition) is 4. The van der Waals surface area contributed by atoms with Gasteiger partial charge in [0.1, 0.15) is 11.6 Å². The summed E-state index contributed by atoms with van der Waals surface area (Å²) < 4.78 is 0. The Balaban J connectivity index is 0.000000757. The number of anilines is 1. The Labute approximate surface area is 179 Å². The molecule has 3 aromatic heterocycles. The fourth-order valence-electron chi connectivity index (χ4n) is 3.47. The zero-order valence-electron chi connectivity index (χ0n) is 19.4. The van der Waals surface area contributed by atoms with Gasteiger partial charge in [-0.1, -0.05) is 47.6 Å². The molecule has 0 aliphatic rings. The van der Waals surface area contributed by atoms with Crippen LogP contribution in [0.3, 0.4) is 0 Å². The van der Waals surface area contributed by atoms with Gasteiger partial charge in [-0.25, -0.2) is 9.97 Å². The highest BCUT2D eigenvalue weighted by Gasteiger charge is 2.13. The van der Waals surface area contributed by atoms with E-state index in [1.165, 1.54) is 10.9 Å². The van der Waals surface area contributed by atoms with Gasteiger partial charge in [-0.3, -0.25) is 4.90 Å². The number of hydrogen-bond donors (Lipinski definition) is 3. The summed E-state index contributed by atoms with van der Waals surface area (Å²) in [5.41, 5.74) is 12.0. The second kappa shape index (κ2) is 10.8. The van der Waals surface area contributed by atoms with E-state index in [1.54, 1.807) is 0 Å². The second-order valence-electron chi connectivity index (χ2n) is 6.68. The first-order valence-corrected chi connectivity index (χ1v) is 11.0. The molecule has 0 spiro atoms. The van der Waals surface area contributed by atoms with Crippen molar-refractivity contribution in [2.45, 2.75) is 55.0 Å². The van der Waals surface area contributed by atoms with Crippen LogP contribution in [0.1, 0.15) is 52.9 Å². The summed E-state index contributed by atoms with van der Waals surface area (Å²) in [6.07, 6.45) is 0. The summed E-state index contributed by atoms with van der Waals surface area (Å²) >= 11 is 0. The van der Waals surface area contributed by atoms with Gasteiger partial charge in [0.2, 0.25) is 0 Å². The summed E-state index contributed by atoms with van der Waals surface area (Å²) in [4.78, 5) is 17.9. The molecule has 6 nitrogen and oxygen atoms in total. The van der Waals surface area contributed by atoms with E-state index in [4.69, 9.17) is 5.73 Å². The van der Waals surface area contributed by atoms with E-state index in [1.807, 2.05) is 40.7 Å². The molecule has 1 aromatic carbocycles. The minimum atomic E-state index is 0.472. The number of aryl methyl sites for hydroxylation is 1. The van der Waals surface area contributed by atoms with Gasteiger partial charge < -0.3 is 15.7 Å². The second-order valence-corrected chi connectivity index (χ2v) is 6.68. The van der Waals surface area contributed by atoms with Gasteiger partial charge in [0.05, 0.1) is 5.52 Å². The average Bonchev–Trinajstić information content (AvgIpc) is 3.36. The molecule has 4 N–H and O–H groups in total. The van der Waals surface area contributed by atoms with Gasteiger partial charge in [-0.05, 0) is 49.8 Å². The first-order chi connectivity index (χ1) is 14.6. The van der Waals surface area contributed by atoms with Crippen LogP contribution in [0, 0.1) is 6.92 Å². The van der Waals surface area contributed by atoms with Crippen LogP contribution in [0.5, 0.6) is 0 Å². The van der Waals surface area contributed by atoms with Crippen LogP contribution >= 0.6 is 0 Å². The largest absolute Gasteiger partial charge is 0.384 e. The van der Waals surface area contributed by atoms with Crippen molar-refractivity contribution >= 4 is 27.9 Å². The van der Waals surface area contributed by atoms with Crippen molar-refractivity contribution < 1.29 is 0 Å². The van der Waals surface area contributed by atoms with Crippen LogP contribution in [0.25, 0.3) is 33.3 Å². The van der Waals surface area contributed by atoms with Gasteiger partial charge in [0.25, 0.3) is 0 Å². The van der Waals surface area contributed by atoms with E-state index >= 15 is 0 Å². The molecule has 0 fully saturated rings. The maximum atomic E-state index is 5.99. The molecule has 0 bridgehead atoms. The summed E-state index contributed by atoms with van der Waals surface area (Å²) in [6.45, 7) is 17.4. The molecular weight excluding hydrogens is 372 g/mol. The third-order valence-corrected chi connectivity index (χ3v) is 4.88. The lowest BCUT2D eigenvalue weighted by Crippen LogP contribution is -2.21. The van der Waals surface area contributed by atoms with Gasteiger partial charge in [0, 0.05) is 28.7 Å². The number of fused-ring (bicyclic) bond motifs is 2. The number of benzene rings is 1. The van der Waals surface area contributed by atoms with Crippen LogP contribution < -0.4 is 5.73 Å². The molecule has 4 aromatic rings. The number of nitrogens with zero attached hydrogens (tertiary/aromatic N) is 3. The number of aromatic nitrogens is 4. The minimum Gasteiger partial charge on any atom is -0.384 e. The van der Waals surface area contributed by atoms with Crippen molar-refractivity contribution in [1.82, 2.24) is 24.8 Å². The lowest BCUT2D eigenvalue weighted by Gasteiger charge is -2.17. The van der Waals surface area contributed by atoms with Crippen molar-refractivity contribution in [3.63, 3.8) is 0 Å². The van der Waals surface area contributed by atoms with Crippen molar-refractivity contribution in [2.75, 3.05) is 18.8 Å². The van der Waals surface area contributed by atoms with Gasteiger partial charge in [0.15, 0.2) is 5.65 Å². The molecule has 30 heavy (non-hydrogen) atoms. The Bertz CT molecular complexity index is 1070. The molecule has 0 saturated carbocycles. The first-order valence-electron chi connectivity index (χ1n) is 11.0. The van der Waals surface area contributed by atoms with Crippen LogP contribution in [0.2, 0.25) is 0 Å². The summed E-state index contributed by atoms with van der Waals surface area (Å²) in [6, 6.07) is 10.7. The minimum absolute atomic E-state index is 0.472. The standard InChI is InChI=1S/C20H24N6.2C2H6/c1-4-26(5-2)11-13-6-7-16-14(8-13)9-17(24-16)15-10-18(21)25-20-19(15)22-12(3)23-20;2*1-2/h6-10,24H,4-5,11H2,1-3H3,(H3,21,22,23,25);2*1-2H3. The number of nitrogen functional groups attached to an aromatic ring is 1. The molecule has 162 valence electrons. The number of nitrogens with one attached hydrogen (secondary N) is 2.